The first-order chi connectivity index (χ1) is 11.0. The zero-order valence-corrected chi connectivity index (χ0v) is 14.3. The van der Waals surface area contributed by atoms with Gasteiger partial charge < -0.3 is 14.8 Å². The lowest BCUT2D eigenvalue weighted by Gasteiger charge is -2.15. The van der Waals surface area contributed by atoms with Gasteiger partial charge in [-0.3, -0.25) is 4.79 Å². The van der Waals surface area contributed by atoms with E-state index in [4.69, 9.17) is 4.74 Å². The molecule has 2 aromatic rings. The molecule has 2 aromatic carbocycles. The first kappa shape index (κ1) is 17.0. The van der Waals surface area contributed by atoms with Crippen molar-refractivity contribution >= 4 is 33.5 Å². The summed E-state index contributed by atoms with van der Waals surface area (Å²) in [6, 6.07) is 13.7. The summed E-state index contributed by atoms with van der Waals surface area (Å²) in [4.78, 5) is 23.5. The first-order valence-corrected chi connectivity index (χ1v) is 7.70. The van der Waals surface area contributed by atoms with Gasteiger partial charge in [0.25, 0.3) is 5.91 Å². The fourth-order valence-electron chi connectivity index (χ4n) is 1.86. The smallest absolute Gasteiger partial charge is 0.337 e. The molecule has 2 rings (SSSR count). The Balaban J connectivity index is 1.96. The third-order valence-corrected chi connectivity index (χ3v) is 3.54. The lowest BCUT2D eigenvalue weighted by atomic mass is 10.2. The molecule has 0 fully saturated rings. The number of carbonyl (C=O) groups excluding carboxylic acids is 2. The number of benzene rings is 2. The topological polar surface area (TPSA) is 64.6 Å². The van der Waals surface area contributed by atoms with Crippen molar-refractivity contribution in [2.24, 2.45) is 0 Å². The summed E-state index contributed by atoms with van der Waals surface area (Å²) in [6.07, 6.45) is -0.682. The molecular weight excluding hydrogens is 362 g/mol. The number of halogens is 1. The number of amides is 1. The third-order valence-electron chi connectivity index (χ3n) is 3.05. The molecule has 0 saturated carbocycles. The minimum Gasteiger partial charge on any atom is -0.481 e. The van der Waals surface area contributed by atoms with E-state index in [1.807, 2.05) is 12.1 Å². The number of ether oxygens (including phenoxy) is 2. The predicted molar refractivity (Wildman–Crippen MR) is 90.6 cm³/mol. The minimum atomic E-state index is -0.682. The second-order valence-electron chi connectivity index (χ2n) is 4.78. The van der Waals surface area contributed by atoms with E-state index in [0.29, 0.717) is 17.0 Å². The van der Waals surface area contributed by atoms with E-state index >= 15 is 0 Å². The fraction of sp³-hybridized carbons (Fsp3) is 0.176. The molecule has 0 heterocycles. The highest BCUT2D eigenvalue weighted by atomic mass is 79.9. The predicted octanol–water partition coefficient (Wildman–Crippen LogP) is 3.64. The van der Waals surface area contributed by atoms with Crippen LogP contribution in [0.5, 0.6) is 5.75 Å². The normalized spacial score (nSPS) is 11.4. The van der Waals surface area contributed by atoms with Gasteiger partial charge in [0, 0.05) is 10.2 Å². The van der Waals surface area contributed by atoms with E-state index in [0.717, 1.165) is 4.47 Å². The van der Waals surface area contributed by atoms with Gasteiger partial charge in [0.05, 0.1) is 12.7 Å². The number of anilines is 1. The van der Waals surface area contributed by atoms with Crippen LogP contribution in [0, 0.1) is 0 Å². The first-order valence-electron chi connectivity index (χ1n) is 6.91. The van der Waals surface area contributed by atoms with Crippen molar-refractivity contribution < 1.29 is 19.1 Å². The monoisotopic (exact) mass is 377 g/mol. The second-order valence-corrected chi connectivity index (χ2v) is 5.69. The number of carbonyl (C=O) groups is 2. The molecule has 0 saturated heterocycles. The molecule has 120 valence electrons. The lowest BCUT2D eigenvalue weighted by Crippen LogP contribution is -2.30. The van der Waals surface area contributed by atoms with Gasteiger partial charge in [-0.15, -0.1) is 0 Å². The molecule has 0 aliphatic rings. The molecule has 0 spiro atoms. The minimum absolute atomic E-state index is 0.264. The Morgan fingerprint density at radius 1 is 1.13 bits per heavy atom. The summed E-state index contributed by atoms with van der Waals surface area (Å²) >= 11 is 3.35. The molecule has 1 atom stereocenters. The standard InChI is InChI=1S/C17H16BrNO4/c1-11(16(20)19-14-5-3-4-13(18)10-14)23-15-8-6-12(7-9-15)17(21)22-2/h3-11H,1-2H3,(H,19,20). The number of rotatable bonds is 5. The Morgan fingerprint density at radius 2 is 1.83 bits per heavy atom. The van der Waals surface area contributed by atoms with Crippen LogP contribution in [0.4, 0.5) is 5.69 Å². The van der Waals surface area contributed by atoms with E-state index in [-0.39, 0.29) is 5.91 Å². The van der Waals surface area contributed by atoms with Gasteiger partial charge in [0.2, 0.25) is 0 Å². The highest BCUT2D eigenvalue weighted by molar-refractivity contribution is 9.10. The molecule has 1 amide bonds. The highest BCUT2D eigenvalue weighted by Gasteiger charge is 2.15. The van der Waals surface area contributed by atoms with Gasteiger partial charge in [0.15, 0.2) is 6.10 Å². The molecule has 0 bridgehead atoms. The summed E-state index contributed by atoms with van der Waals surface area (Å²) in [5.74, 6) is -0.188. The largest absolute Gasteiger partial charge is 0.481 e. The van der Waals surface area contributed by atoms with Gasteiger partial charge >= 0.3 is 5.97 Å². The quantitative estimate of drug-likeness (QED) is 0.807. The Kier molecular flexibility index (Phi) is 5.76. The maximum absolute atomic E-state index is 12.1. The molecule has 23 heavy (non-hydrogen) atoms. The molecular formula is C17H16BrNO4. The van der Waals surface area contributed by atoms with E-state index < -0.39 is 12.1 Å². The molecule has 1 N–H and O–H groups in total. The molecule has 6 heteroatoms. The molecule has 0 aliphatic carbocycles. The highest BCUT2D eigenvalue weighted by Crippen LogP contribution is 2.18. The molecule has 0 aliphatic heterocycles. The summed E-state index contributed by atoms with van der Waals surface area (Å²) in [6.45, 7) is 1.65. The maximum Gasteiger partial charge on any atom is 0.337 e. The Hall–Kier alpha value is -2.34. The number of hydrogen-bond donors (Lipinski definition) is 1. The van der Waals surface area contributed by atoms with Crippen molar-refractivity contribution in [2.45, 2.75) is 13.0 Å². The van der Waals surface area contributed by atoms with Crippen molar-refractivity contribution in [1.82, 2.24) is 0 Å². The van der Waals surface area contributed by atoms with Gasteiger partial charge in [0.1, 0.15) is 5.75 Å². The van der Waals surface area contributed by atoms with Crippen LogP contribution in [0.1, 0.15) is 17.3 Å². The van der Waals surface area contributed by atoms with Crippen molar-refractivity contribution in [3.8, 4) is 5.75 Å². The van der Waals surface area contributed by atoms with Crippen LogP contribution < -0.4 is 10.1 Å². The summed E-state index contributed by atoms with van der Waals surface area (Å²) < 4.78 is 11.1. The van der Waals surface area contributed by atoms with E-state index in [2.05, 4.69) is 26.0 Å². The van der Waals surface area contributed by atoms with E-state index in [1.165, 1.54) is 7.11 Å². The Morgan fingerprint density at radius 3 is 2.43 bits per heavy atom. The van der Waals surface area contributed by atoms with Crippen molar-refractivity contribution in [2.75, 3.05) is 12.4 Å². The van der Waals surface area contributed by atoms with Gasteiger partial charge in [-0.2, -0.15) is 0 Å². The zero-order chi connectivity index (χ0) is 16.8. The SMILES string of the molecule is COC(=O)c1ccc(OC(C)C(=O)Nc2cccc(Br)c2)cc1. The van der Waals surface area contributed by atoms with Crippen LogP contribution in [0.2, 0.25) is 0 Å². The van der Waals surface area contributed by atoms with E-state index in [9.17, 15) is 9.59 Å². The Labute approximate surface area is 142 Å². The van der Waals surface area contributed by atoms with Gasteiger partial charge in [-0.1, -0.05) is 22.0 Å². The number of nitrogens with one attached hydrogen (secondary N) is 1. The Bertz CT molecular complexity index is 700. The second kappa shape index (κ2) is 7.78. The average molecular weight is 378 g/mol. The lowest BCUT2D eigenvalue weighted by molar-refractivity contribution is -0.122. The van der Waals surface area contributed by atoms with Gasteiger partial charge in [-0.25, -0.2) is 4.79 Å². The van der Waals surface area contributed by atoms with Crippen LogP contribution in [0.15, 0.2) is 53.0 Å². The number of esters is 1. The molecule has 0 aromatic heterocycles. The molecule has 1 unspecified atom stereocenters. The van der Waals surface area contributed by atoms with Crippen LogP contribution in [-0.2, 0) is 9.53 Å². The maximum atomic E-state index is 12.1. The van der Waals surface area contributed by atoms with Crippen molar-refractivity contribution in [3.05, 3.63) is 58.6 Å². The molecule has 5 nitrogen and oxygen atoms in total. The fourth-order valence-corrected chi connectivity index (χ4v) is 2.25. The molecule has 0 radical (unpaired) electrons. The average Bonchev–Trinajstić information content (AvgIpc) is 2.54. The van der Waals surface area contributed by atoms with Crippen molar-refractivity contribution in [1.29, 1.82) is 0 Å². The van der Waals surface area contributed by atoms with Crippen LogP contribution in [-0.4, -0.2) is 25.1 Å². The summed E-state index contributed by atoms with van der Waals surface area (Å²) in [7, 11) is 1.32. The number of hydrogen-bond acceptors (Lipinski definition) is 4. The third kappa shape index (κ3) is 4.82. The van der Waals surface area contributed by atoms with Crippen LogP contribution >= 0.6 is 15.9 Å². The summed E-state index contributed by atoms with van der Waals surface area (Å²) in [5, 5.41) is 2.77. The number of methoxy groups -OCH3 is 1. The van der Waals surface area contributed by atoms with Gasteiger partial charge in [-0.05, 0) is 49.4 Å². The van der Waals surface area contributed by atoms with Crippen LogP contribution in [0.3, 0.4) is 0 Å². The van der Waals surface area contributed by atoms with Crippen molar-refractivity contribution in [3.63, 3.8) is 0 Å². The van der Waals surface area contributed by atoms with E-state index in [1.54, 1.807) is 43.3 Å². The van der Waals surface area contributed by atoms with Crippen LogP contribution in [0.25, 0.3) is 0 Å². The zero-order valence-electron chi connectivity index (χ0n) is 12.7. The summed E-state index contributed by atoms with van der Waals surface area (Å²) in [5.41, 5.74) is 1.10.